The Bertz CT molecular complexity index is 1060. The third-order valence-electron chi connectivity index (χ3n) is 4.36. The lowest BCUT2D eigenvalue weighted by Gasteiger charge is -2.16. The fraction of sp³-hybridized carbons (Fsp3) is 0.190. The standard InChI is InChI=1S/C21H20FN3O4/c1-13(14-4-6-15(22)7-5-14)23-21(27)20-18(26)12-19(29-3)25(24-20)16-8-10-17(28-2)11-9-16/h4-13H,1-3H3,(H,23,27). The maximum Gasteiger partial charge on any atom is 0.276 e. The molecule has 0 spiro atoms. The summed E-state index contributed by atoms with van der Waals surface area (Å²) in [5.41, 5.74) is 0.429. The van der Waals surface area contributed by atoms with Gasteiger partial charge in [-0.25, -0.2) is 9.07 Å². The molecule has 1 aromatic heterocycles. The van der Waals surface area contributed by atoms with Crippen molar-refractivity contribution in [3.63, 3.8) is 0 Å². The van der Waals surface area contributed by atoms with Gasteiger partial charge in [-0.05, 0) is 48.9 Å². The van der Waals surface area contributed by atoms with Crippen LogP contribution in [0.5, 0.6) is 11.6 Å². The lowest BCUT2D eigenvalue weighted by molar-refractivity contribution is 0.0931. The Balaban J connectivity index is 1.92. The molecule has 1 heterocycles. The fourth-order valence-electron chi connectivity index (χ4n) is 2.75. The molecule has 0 saturated carbocycles. The Kier molecular flexibility index (Phi) is 5.92. The predicted octanol–water partition coefficient (Wildman–Crippen LogP) is 2.88. The Hall–Kier alpha value is -3.68. The predicted molar refractivity (Wildman–Crippen MR) is 105 cm³/mol. The number of aromatic nitrogens is 2. The Labute approximate surface area is 166 Å². The zero-order chi connectivity index (χ0) is 21.0. The summed E-state index contributed by atoms with van der Waals surface area (Å²) in [4.78, 5) is 25.1. The van der Waals surface area contributed by atoms with E-state index in [0.29, 0.717) is 17.0 Å². The highest BCUT2D eigenvalue weighted by molar-refractivity contribution is 5.92. The molecule has 0 fully saturated rings. The third kappa shape index (κ3) is 4.43. The first-order valence-corrected chi connectivity index (χ1v) is 8.82. The molecule has 0 bridgehead atoms. The first-order chi connectivity index (χ1) is 13.9. The maximum absolute atomic E-state index is 13.1. The fourth-order valence-corrected chi connectivity index (χ4v) is 2.75. The summed E-state index contributed by atoms with van der Waals surface area (Å²) in [6, 6.07) is 13.4. The second-order valence-electron chi connectivity index (χ2n) is 6.26. The van der Waals surface area contributed by atoms with Crippen LogP contribution in [-0.2, 0) is 0 Å². The second kappa shape index (κ2) is 8.55. The molecule has 7 nitrogen and oxygen atoms in total. The van der Waals surface area contributed by atoms with Gasteiger partial charge in [0.05, 0.1) is 32.0 Å². The largest absolute Gasteiger partial charge is 0.497 e. The van der Waals surface area contributed by atoms with Crippen LogP contribution in [0.1, 0.15) is 29.0 Å². The Morgan fingerprint density at radius 2 is 1.72 bits per heavy atom. The molecule has 29 heavy (non-hydrogen) atoms. The molecule has 1 amide bonds. The molecule has 0 aliphatic heterocycles. The van der Waals surface area contributed by atoms with Crippen LogP contribution >= 0.6 is 0 Å². The summed E-state index contributed by atoms with van der Waals surface area (Å²) < 4.78 is 24.8. The summed E-state index contributed by atoms with van der Waals surface area (Å²) in [6.07, 6.45) is 0. The van der Waals surface area contributed by atoms with Crippen molar-refractivity contribution in [3.05, 3.63) is 81.9 Å². The molecular weight excluding hydrogens is 377 g/mol. The van der Waals surface area contributed by atoms with Crippen LogP contribution in [0.4, 0.5) is 4.39 Å². The van der Waals surface area contributed by atoms with Crippen molar-refractivity contribution >= 4 is 5.91 Å². The Morgan fingerprint density at radius 3 is 2.31 bits per heavy atom. The Morgan fingerprint density at radius 1 is 1.07 bits per heavy atom. The van der Waals surface area contributed by atoms with Gasteiger partial charge in [-0.15, -0.1) is 0 Å². The minimum Gasteiger partial charge on any atom is -0.497 e. The molecule has 1 unspecified atom stereocenters. The average Bonchev–Trinajstić information content (AvgIpc) is 2.73. The van der Waals surface area contributed by atoms with Crippen molar-refractivity contribution in [2.24, 2.45) is 0 Å². The highest BCUT2D eigenvalue weighted by Gasteiger charge is 2.19. The van der Waals surface area contributed by atoms with Crippen molar-refractivity contribution in [2.45, 2.75) is 13.0 Å². The summed E-state index contributed by atoms with van der Waals surface area (Å²) in [6.45, 7) is 1.73. The SMILES string of the molecule is COc1ccc(-n2nc(C(=O)NC(C)c3ccc(F)cc3)c(=O)cc2OC)cc1. The molecule has 0 radical (unpaired) electrons. The molecule has 3 aromatic rings. The van der Waals surface area contributed by atoms with Crippen LogP contribution in [0.3, 0.4) is 0 Å². The van der Waals surface area contributed by atoms with Gasteiger partial charge in [0.1, 0.15) is 11.6 Å². The number of ether oxygens (including phenoxy) is 2. The lowest BCUT2D eigenvalue weighted by Crippen LogP contribution is -2.33. The first kappa shape index (κ1) is 20.1. The molecule has 8 heteroatoms. The maximum atomic E-state index is 13.1. The van der Waals surface area contributed by atoms with Gasteiger partial charge in [0.15, 0.2) is 5.69 Å². The van der Waals surface area contributed by atoms with Crippen LogP contribution in [0.2, 0.25) is 0 Å². The number of hydrogen-bond acceptors (Lipinski definition) is 5. The van der Waals surface area contributed by atoms with Crippen LogP contribution in [-0.4, -0.2) is 29.9 Å². The van der Waals surface area contributed by atoms with E-state index < -0.39 is 17.4 Å². The normalized spacial score (nSPS) is 11.6. The number of hydrogen-bond donors (Lipinski definition) is 1. The van der Waals surface area contributed by atoms with E-state index in [9.17, 15) is 14.0 Å². The van der Waals surface area contributed by atoms with Crippen LogP contribution in [0.15, 0.2) is 59.4 Å². The van der Waals surface area contributed by atoms with E-state index in [-0.39, 0.29) is 17.4 Å². The minimum atomic E-state index is -0.642. The van der Waals surface area contributed by atoms with Gasteiger partial charge in [0.25, 0.3) is 5.91 Å². The molecule has 1 atom stereocenters. The van der Waals surface area contributed by atoms with Crippen LogP contribution in [0.25, 0.3) is 5.69 Å². The van der Waals surface area contributed by atoms with Crippen molar-refractivity contribution in [2.75, 3.05) is 14.2 Å². The smallest absolute Gasteiger partial charge is 0.276 e. The molecule has 0 aliphatic carbocycles. The molecule has 2 aromatic carbocycles. The van der Waals surface area contributed by atoms with Gasteiger partial charge in [-0.3, -0.25) is 9.59 Å². The molecule has 150 valence electrons. The number of carbonyl (C=O) groups excluding carboxylic acids is 1. The summed E-state index contributed by atoms with van der Waals surface area (Å²) in [5.74, 6) is -0.175. The van der Waals surface area contributed by atoms with Crippen molar-refractivity contribution < 1.29 is 18.7 Å². The number of rotatable bonds is 6. The monoisotopic (exact) mass is 397 g/mol. The van der Waals surface area contributed by atoms with Gasteiger partial charge in [0, 0.05) is 0 Å². The molecule has 0 aliphatic rings. The van der Waals surface area contributed by atoms with Crippen LogP contribution < -0.4 is 20.2 Å². The topological polar surface area (TPSA) is 82.5 Å². The molecule has 3 rings (SSSR count). The first-order valence-electron chi connectivity index (χ1n) is 8.82. The van der Waals surface area contributed by atoms with E-state index in [4.69, 9.17) is 9.47 Å². The van der Waals surface area contributed by atoms with E-state index in [0.717, 1.165) is 0 Å². The van der Waals surface area contributed by atoms with E-state index in [1.807, 2.05) is 0 Å². The molecule has 1 N–H and O–H groups in total. The highest BCUT2D eigenvalue weighted by Crippen LogP contribution is 2.19. The zero-order valence-electron chi connectivity index (χ0n) is 16.2. The minimum absolute atomic E-state index is 0.184. The quantitative estimate of drug-likeness (QED) is 0.692. The van der Waals surface area contributed by atoms with Gasteiger partial charge >= 0.3 is 0 Å². The average molecular weight is 397 g/mol. The summed E-state index contributed by atoms with van der Waals surface area (Å²) in [7, 11) is 2.96. The van der Waals surface area contributed by atoms with Crippen LogP contribution in [0, 0.1) is 5.82 Å². The number of amides is 1. The highest BCUT2D eigenvalue weighted by atomic mass is 19.1. The van der Waals surface area contributed by atoms with E-state index in [1.165, 1.54) is 30.0 Å². The zero-order valence-corrected chi connectivity index (χ0v) is 16.2. The summed E-state index contributed by atoms with van der Waals surface area (Å²) in [5, 5.41) is 6.91. The van der Waals surface area contributed by atoms with E-state index in [2.05, 4.69) is 10.4 Å². The van der Waals surface area contributed by atoms with Gasteiger partial charge in [0.2, 0.25) is 11.3 Å². The van der Waals surface area contributed by atoms with Crippen molar-refractivity contribution in [1.82, 2.24) is 15.1 Å². The van der Waals surface area contributed by atoms with Gasteiger partial charge < -0.3 is 14.8 Å². The van der Waals surface area contributed by atoms with Crippen molar-refractivity contribution in [3.8, 4) is 17.3 Å². The molecular formula is C21H20FN3O4. The number of benzene rings is 2. The van der Waals surface area contributed by atoms with E-state index >= 15 is 0 Å². The number of nitrogens with zero attached hydrogens (tertiary/aromatic N) is 2. The third-order valence-corrected chi connectivity index (χ3v) is 4.36. The van der Waals surface area contributed by atoms with Crippen molar-refractivity contribution in [1.29, 1.82) is 0 Å². The number of methoxy groups -OCH3 is 2. The lowest BCUT2D eigenvalue weighted by atomic mass is 10.1. The number of halogens is 1. The summed E-state index contributed by atoms with van der Waals surface area (Å²) >= 11 is 0. The second-order valence-corrected chi connectivity index (χ2v) is 6.26. The van der Waals surface area contributed by atoms with Gasteiger partial charge in [-0.1, -0.05) is 12.1 Å². The number of carbonyl (C=O) groups is 1. The molecule has 0 saturated heterocycles. The van der Waals surface area contributed by atoms with E-state index in [1.54, 1.807) is 50.4 Å². The van der Waals surface area contributed by atoms with Gasteiger partial charge in [-0.2, -0.15) is 5.10 Å². The number of nitrogens with one attached hydrogen (secondary N) is 1.